The molecule has 3 rings (SSSR count). The van der Waals surface area contributed by atoms with Gasteiger partial charge in [0, 0.05) is 6.54 Å². The summed E-state index contributed by atoms with van der Waals surface area (Å²) >= 11 is 1.07. The summed E-state index contributed by atoms with van der Waals surface area (Å²) in [4.78, 5) is 11.8. The van der Waals surface area contributed by atoms with Gasteiger partial charge in [0.15, 0.2) is 11.5 Å². The van der Waals surface area contributed by atoms with Gasteiger partial charge in [-0.15, -0.1) is 10.2 Å². The lowest BCUT2D eigenvalue weighted by Crippen LogP contribution is -2.25. The van der Waals surface area contributed by atoms with Crippen molar-refractivity contribution in [2.45, 2.75) is 6.42 Å². The van der Waals surface area contributed by atoms with E-state index in [1.807, 2.05) is 18.2 Å². The lowest BCUT2D eigenvalue weighted by molar-refractivity contribution is 0.0953. The van der Waals surface area contributed by atoms with Gasteiger partial charge in [-0.05, 0) is 24.1 Å². The van der Waals surface area contributed by atoms with Crippen LogP contribution in [0.5, 0.6) is 11.5 Å². The Balaban J connectivity index is 1.54. The van der Waals surface area contributed by atoms with E-state index in [0.29, 0.717) is 26.2 Å². The maximum absolute atomic E-state index is 11.8. The second-order valence-electron chi connectivity index (χ2n) is 4.43. The van der Waals surface area contributed by atoms with Gasteiger partial charge in [0.25, 0.3) is 5.91 Å². The fourth-order valence-electron chi connectivity index (χ4n) is 1.97. The second kappa shape index (κ2) is 5.96. The van der Waals surface area contributed by atoms with Gasteiger partial charge in [-0.1, -0.05) is 17.4 Å². The molecule has 0 saturated heterocycles. The van der Waals surface area contributed by atoms with Crippen LogP contribution in [0.1, 0.15) is 15.4 Å². The minimum atomic E-state index is -0.262. The topological polar surface area (TPSA) is 99.4 Å². The third-order valence-electron chi connectivity index (χ3n) is 2.94. The molecule has 1 aliphatic rings. The van der Waals surface area contributed by atoms with Crippen molar-refractivity contribution in [3.05, 3.63) is 28.8 Å². The van der Waals surface area contributed by atoms with Crippen molar-refractivity contribution in [2.24, 2.45) is 0 Å². The monoisotopic (exact) mass is 306 g/mol. The Bertz CT molecular complexity index is 659. The normalized spacial score (nSPS) is 13.0. The van der Waals surface area contributed by atoms with Crippen LogP contribution in [0.25, 0.3) is 0 Å². The number of rotatable bonds is 4. The third kappa shape index (κ3) is 3.22. The van der Waals surface area contributed by atoms with Gasteiger partial charge in [0.1, 0.15) is 13.2 Å². The Morgan fingerprint density at radius 3 is 2.86 bits per heavy atom. The molecule has 3 N–H and O–H groups in total. The van der Waals surface area contributed by atoms with Gasteiger partial charge in [-0.25, -0.2) is 0 Å². The SMILES string of the molecule is Nc1nnc(C(=O)NCCc2ccc3c(c2)OCCO3)s1. The first kappa shape index (κ1) is 13.6. The van der Waals surface area contributed by atoms with Crippen molar-refractivity contribution in [2.75, 3.05) is 25.5 Å². The van der Waals surface area contributed by atoms with Crippen LogP contribution in [0.3, 0.4) is 0 Å². The van der Waals surface area contributed by atoms with E-state index in [9.17, 15) is 4.79 Å². The molecule has 0 radical (unpaired) electrons. The van der Waals surface area contributed by atoms with Gasteiger partial charge in [-0.2, -0.15) is 0 Å². The Kier molecular flexibility index (Phi) is 3.87. The summed E-state index contributed by atoms with van der Waals surface area (Å²) in [6.07, 6.45) is 0.691. The molecule has 1 aromatic carbocycles. The Morgan fingerprint density at radius 2 is 2.10 bits per heavy atom. The number of nitrogen functional groups attached to an aromatic ring is 1. The zero-order valence-corrected chi connectivity index (χ0v) is 12.0. The Hall–Kier alpha value is -2.35. The molecule has 21 heavy (non-hydrogen) atoms. The summed E-state index contributed by atoms with van der Waals surface area (Å²) in [7, 11) is 0. The van der Waals surface area contributed by atoms with Crippen molar-refractivity contribution < 1.29 is 14.3 Å². The number of ether oxygens (including phenoxy) is 2. The highest BCUT2D eigenvalue weighted by Gasteiger charge is 2.13. The minimum Gasteiger partial charge on any atom is -0.486 e. The van der Waals surface area contributed by atoms with E-state index < -0.39 is 0 Å². The Morgan fingerprint density at radius 1 is 1.29 bits per heavy atom. The number of fused-ring (bicyclic) bond motifs is 1. The van der Waals surface area contributed by atoms with Crippen LogP contribution in [0.15, 0.2) is 18.2 Å². The first-order valence-electron chi connectivity index (χ1n) is 6.48. The van der Waals surface area contributed by atoms with Gasteiger partial charge in [0.2, 0.25) is 10.1 Å². The summed E-state index contributed by atoms with van der Waals surface area (Å²) in [5, 5.41) is 10.6. The van der Waals surface area contributed by atoms with Crippen LogP contribution in [0.4, 0.5) is 5.13 Å². The predicted molar refractivity (Wildman–Crippen MR) is 77.8 cm³/mol. The van der Waals surface area contributed by atoms with Crippen molar-refractivity contribution in [3.63, 3.8) is 0 Å². The van der Waals surface area contributed by atoms with Crippen molar-refractivity contribution in [1.82, 2.24) is 15.5 Å². The number of nitrogens with one attached hydrogen (secondary N) is 1. The average Bonchev–Trinajstić information content (AvgIpc) is 2.94. The lowest BCUT2D eigenvalue weighted by Gasteiger charge is -2.18. The highest BCUT2D eigenvalue weighted by Crippen LogP contribution is 2.30. The van der Waals surface area contributed by atoms with Crippen LogP contribution in [-0.4, -0.2) is 35.9 Å². The predicted octanol–water partition coefficient (Wildman–Crippen LogP) is 0.864. The molecule has 0 fully saturated rings. The summed E-state index contributed by atoms with van der Waals surface area (Å²) in [5.41, 5.74) is 6.51. The average molecular weight is 306 g/mol. The molecule has 8 heteroatoms. The summed E-state index contributed by atoms with van der Waals surface area (Å²) < 4.78 is 11.0. The van der Waals surface area contributed by atoms with E-state index in [-0.39, 0.29) is 16.0 Å². The molecule has 1 amide bonds. The van der Waals surface area contributed by atoms with Crippen molar-refractivity contribution >= 4 is 22.4 Å². The fraction of sp³-hybridized carbons (Fsp3) is 0.308. The fourth-order valence-corrected chi connectivity index (χ4v) is 2.49. The highest BCUT2D eigenvalue weighted by atomic mass is 32.1. The van der Waals surface area contributed by atoms with Gasteiger partial charge in [0.05, 0.1) is 0 Å². The number of hydrogen-bond donors (Lipinski definition) is 2. The molecule has 0 unspecified atom stereocenters. The zero-order chi connectivity index (χ0) is 14.7. The van der Waals surface area contributed by atoms with E-state index in [1.54, 1.807) is 0 Å². The van der Waals surface area contributed by atoms with Gasteiger partial charge >= 0.3 is 0 Å². The number of carbonyl (C=O) groups excluding carboxylic acids is 1. The number of nitrogens with two attached hydrogens (primary N) is 1. The van der Waals surface area contributed by atoms with E-state index in [1.165, 1.54) is 0 Å². The molecular formula is C13H14N4O3S. The van der Waals surface area contributed by atoms with E-state index in [2.05, 4.69) is 15.5 Å². The van der Waals surface area contributed by atoms with Crippen molar-refractivity contribution in [1.29, 1.82) is 0 Å². The van der Waals surface area contributed by atoms with Crippen molar-refractivity contribution in [3.8, 4) is 11.5 Å². The van der Waals surface area contributed by atoms with Gasteiger partial charge < -0.3 is 20.5 Å². The molecule has 1 aliphatic heterocycles. The largest absolute Gasteiger partial charge is 0.486 e. The van der Waals surface area contributed by atoms with Crippen LogP contribution in [-0.2, 0) is 6.42 Å². The number of carbonyl (C=O) groups is 1. The number of hydrogen-bond acceptors (Lipinski definition) is 7. The molecule has 0 bridgehead atoms. The summed E-state index contributed by atoms with van der Waals surface area (Å²) in [6.45, 7) is 1.64. The first-order chi connectivity index (χ1) is 10.2. The lowest BCUT2D eigenvalue weighted by atomic mass is 10.1. The number of amides is 1. The number of nitrogens with zero attached hydrogens (tertiary/aromatic N) is 2. The molecule has 0 saturated carbocycles. The van der Waals surface area contributed by atoms with E-state index in [4.69, 9.17) is 15.2 Å². The standard InChI is InChI=1S/C13H14N4O3S/c14-13-17-16-12(21-13)11(18)15-4-3-8-1-2-9-10(7-8)20-6-5-19-9/h1-2,7H,3-6H2,(H2,14,17)(H,15,18). The molecular weight excluding hydrogens is 292 g/mol. The van der Waals surface area contributed by atoms with Crippen LogP contribution in [0.2, 0.25) is 0 Å². The Labute approximate surface area is 125 Å². The summed E-state index contributed by atoms with van der Waals surface area (Å²) in [6, 6.07) is 5.78. The maximum atomic E-state index is 11.8. The molecule has 0 spiro atoms. The van der Waals surface area contributed by atoms with Crippen LogP contribution < -0.4 is 20.5 Å². The molecule has 0 atom stereocenters. The second-order valence-corrected chi connectivity index (χ2v) is 5.44. The molecule has 7 nitrogen and oxygen atoms in total. The molecule has 2 aromatic rings. The number of aromatic nitrogens is 2. The molecule has 1 aromatic heterocycles. The summed E-state index contributed by atoms with van der Waals surface area (Å²) in [5.74, 6) is 1.25. The molecule has 0 aliphatic carbocycles. The quantitative estimate of drug-likeness (QED) is 0.869. The molecule has 2 heterocycles. The highest BCUT2D eigenvalue weighted by molar-refractivity contribution is 7.16. The van der Waals surface area contributed by atoms with Gasteiger partial charge in [-0.3, -0.25) is 4.79 Å². The number of benzene rings is 1. The van der Waals surface area contributed by atoms with Crippen LogP contribution >= 0.6 is 11.3 Å². The minimum absolute atomic E-state index is 0.262. The van der Waals surface area contributed by atoms with E-state index in [0.717, 1.165) is 28.4 Å². The van der Waals surface area contributed by atoms with Crippen LogP contribution in [0, 0.1) is 0 Å². The smallest absolute Gasteiger partial charge is 0.282 e. The molecule has 110 valence electrons. The maximum Gasteiger partial charge on any atom is 0.282 e. The third-order valence-corrected chi connectivity index (χ3v) is 3.69. The first-order valence-corrected chi connectivity index (χ1v) is 7.30. The zero-order valence-electron chi connectivity index (χ0n) is 11.2. The van der Waals surface area contributed by atoms with E-state index >= 15 is 0 Å². The number of anilines is 1.